The Balaban J connectivity index is 2.36. The first-order valence-corrected chi connectivity index (χ1v) is 6.82. The molecule has 0 radical (unpaired) electrons. The number of nitro benzene ring substituents is 1. The van der Waals surface area contributed by atoms with Gasteiger partial charge in [-0.1, -0.05) is 6.07 Å². The van der Waals surface area contributed by atoms with Crippen LogP contribution in [0.15, 0.2) is 35.7 Å². The number of thiophene rings is 1. The Labute approximate surface area is 122 Å². The quantitative estimate of drug-likeness (QED) is 0.648. The van der Waals surface area contributed by atoms with Gasteiger partial charge in [0.15, 0.2) is 0 Å². The molecule has 0 bridgehead atoms. The van der Waals surface area contributed by atoms with Crippen LogP contribution in [0.3, 0.4) is 0 Å². The number of halogens is 3. The minimum Gasteiger partial charge on any atom is -0.377 e. The van der Waals surface area contributed by atoms with Gasteiger partial charge in [-0.3, -0.25) is 10.1 Å². The number of nitrogens with one attached hydrogen (secondary N) is 1. The summed E-state index contributed by atoms with van der Waals surface area (Å²) in [6.07, 6.45) is -4.66. The summed E-state index contributed by atoms with van der Waals surface area (Å²) in [7, 11) is 0. The lowest BCUT2D eigenvalue weighted by molar-refractivity contribution is -0.385. The van der Waals surface area contributed by atoms with Crippen LogP contribution < -0.4 is 5.32 Å². The first kappa shape index (κ1) is 15.3. The molecule has 1 aromatic heterocycles. The second kappa shape index (κ2) is 5.72. The van der Waals surface area contributed by atoms with Crippen LogP contribution in [0.2, 0.25) is 0 Å². The van der Waals surface area contributed by atoms with Crippen LogP contribution >= 0.6 is 11.3 Å². The largest absolute Gasteiger partial charge is 0.418 e. The van der Waals surface area contributed by atoms with Gasteiger partial charge in [0.05, 0.1) is 16.5 Å². The van der Waals surface area contributed by atoms with E-state index in [0.717, 1.165) is 17.0 Å². The molecule has 2 rings (SSSR count). The maximum absolute atomic E-state index is 13.0. The maximum atomic E-state index is 13.0. The zero-order valence-corrected chi connectivity index (χ0v) is 11.7. The lowest BCUT2D eigenvalue weighted by Gasteiger charge is -2.18. The summed E-state index contributed by atoms with van der Waals surface area (Å²) in [5, 5.41) is 15.2. The number of hydrogen-bond donors (Lipinski definition) is 1. The molecular formula is C13H11F3N2O2S. The smallest absolute Gasteiger partial charge is 0.377 e. The standard InChI is InChI=1S/C13H11F3N2O2S/c1-8(12-3-2-6-21-12)17-11-5-4-9(18(19)20)7-10(11)13(14,15)16/h2-8,17H,1H3. The SMILES string of the molecule is CC(Nc1ccc([N+](=O)[O-])cc1C(F)(F)F)c1cccs1. The van der Waals surface area contributed by atoms with Gasteiger partial charge in [-0.25, -0.2) is 0 Å². The predicted octanol–water partition coefficient (Wildman–Crippen LogP) is 4.85. The monoisotopic (exact) mass is 316 g/mol. The number of rotatable bonds is 4. The van der Waals surface area contributed by atoms with Crippen molar-refractivity contribution in [1.29, 1.82) is 0 Å². The van der Waals surface area contributed by atoms with E-state index in [4.69, 9.17) is 0 Å². The van der Waals surface area contributed by atoms with Gasteiger partial charge < -0.3 is 5.32 Å². The fraction of sp³-hybridized carbons (Fsp3) is 0.231. The molecule has 1 unspecified atom stereocenters. The predicted molar refractivity (Wildman–Crippen MR) is 74.5 cm³/mol. The van der Waals surface area contributed by atoms with E-state index in [1.54, 1.807) is 19.1 Å². The lowest BCUT2D eigenvalue weighted by Crippen LogP contribution is -2.13. The molecule has 112 valence electrons. The molecule has 1 N–H and O–H groups in total. The van der Waals surface area contributed by atoms with Gasteiger partial charge >= 0.3 is 6.18 Å². The highest BCUT2D eigenvalue weighted by molar-refractivity contribution is 7.10. The van der Waals surface area contributed by atoms with E-state index in [9.17, 15) is 23.3 Å². The number of benzene rings is 1. The average Bonchev–Trinajstić information content (AvgIpc) is 2.91. The van der Waals surface area contributed by atoms with Crippen LogP contribution in [0.4, 0.5) is 24.5 Å². The molecule has 1 aromatic carbocycles. The Bertz CT molecular complexity index is 641. The van der Waals surface area contributed by atoms with Crippen molar-refractivity contribution in [3.63, 3.8) is 0 Å². The molecule has 1 heterocycles. The number of alkyl halides is 3. The van der Waals surface area contributed by atoms with Crippen LogP contribution in [0.25, 0.3) is 0 Å². The molecule has 4 nitrogen and oxygen atoms in total. The summed E-state index contributed by atoms with van der Waals surface area (Å²) in [5.41, 5.74) is -1.80. The van der Waals surface area contributed by atoms with Crippen LogP contribution in [0.5, 0.6) is 0 Å². The van der Waals surface area contributed by atoms with Gasteiger partial charge in [-0.2, -0.15) is 13.2 Å². The molecule has 21 heavy (non-hydrogen) atoms. The van der Waals surface area contributed by atoms with Crippen molar-refractivity contribution >= 4 is 22.7 Å². The summed E-state index contributed by atoms with van der Waals surface area (Å²) >= 11 is 1.42. The fourth-order valence-electron chi connectivity index (χ4n) is 1.85. The molecule has 0 aliphatic rings. The third-order valence-corrected chi connectivity index (χ3v) is 3.92. The van der Waals surface area contributed by atoms with Gasteiger partial charge in [-0.15, -0.1) is 11.3 Å². The van der Waals surface area contributed by atoms with E-state index in [2.05, 4.69) is 5.32 Å². The highest BCUT2D eigenvalue weighted by Crippen LogP contribution is 2.38. The Hall–Kier alpha value is -2.09. The molecule has 0 saturated heterocycles. The highest BCUT2D eigenvalue weighted by Gasteiger charge is 2.35. The van der Waals surface area contributed by atoms with E-state index in [1.165, 1.54) is 11.3 Å². The molecule has 0 saturated carbocycles. The maximum Gasteiger partial charge on any atom is 0.418 e. The number of nitrogens with zero attached hydrogens (tertiary/aromatic N) is 1. The summed E-state index contributed by atoms with van der Waals surface area (Å²) in [6, 6.07) is 5.97. The molecular weight excluding hydrogens is 305 g/mol. The fourth-order valence-corrected chi connectivity index (χ4v) is 2.58. The molecule has 2 aromatic rings. The third kappa shape index (κ3) is 3.52. The number of nitro groups is 1. The van der Waals surface area contributed by atoms with Crippen LogP contribution in [0.1, 0.15) is 23.4 Å². The van der Waals surface area contributed by atoms with Crippen molar-refractivity contribution in [1.82, 2.24) is 0 Å². The Kier molecular flexibility index (Phi) is 4.17. The highest BCUT2D eigenvalue weighted by atomic mass is 32.1. The molecule has 0 fully saturated rings. The second-order valence-electron chi connectivity index (χ2n) is 4.37. The minimum absolute atomic E-state index is 0.172. The van der Waals surface area contributed by atoms with Crippen LogP contribution in [0, 0.1) is 10.1 Å². The molecule has 1 atom stereocenters. The summed E-state index contributed by atoms with van der Waals surface area (Å²) < 4.78 is 39.1. The summed E-state index contributed by atoms with van der Waals surface area (Å²) in [6.45, 7) is 1.73. The van der Waals surface area contributed by atoms with Crippen molar-refractivity contribution < 1.29 is 18.1 Å². The van der Waals surface area contributed by atoms with Gasteiger partial charge in [0.25, 0.3) is 5.69 Å². The third-order valence-electron chi connectivity index (χ3n) is 2.86. The lowest BCUT2D eigenvalue weighted by atomic mass is 10.1. The van der Waals surface area contributed by atoms with E-state index < -0.39 is 22.4 Å². The van der Waals surface area contributed by atoms with Gasteiger partial charge in [0.2, 0.25) is 0 Å². The number of anilines is 1. The first-order chi connectivity index (χ1) is 9.79. The van der Waals surface area contributed by atoms with E-state index in [1.807, 2.05) is 5.38 Å². The summed E-state index contributed by atoms with van der Waals surface area (Å²) in [5.74, 6) is 0. The van der Waals surface area contributed by atoms with E-state index in [0.29, 0.717) is 6.07 Å². The van der Waals surface area contributed by atoms with Crippen molar-refractivity contribution in [2.24, 2.45) is 0 Å². The van der Waals surface area contributed by atoms with Crippen LogP contribution in [-0.2, 0) is 6.18 Å². The van der Waals surface area contributed by atoms with Gasteiger partial charge in [-0.05, 0) is 24.4 Å². The number of hydrogen-bond acceptors (Lipinski definition) is 4. The average molecular weight is 316 g/mol. The summed E-state index contributed by atoms with van der Waals surface area (Å²) in [4.78, 5) is 10.7. The van der Waals surface area contributed by atoms with Crippen molar-refractivity contribution in [3.8, 4) is 0 Å². The zero-order chi connectivity index (χ0) is 15.6. The molecule has 8 heteroatoms. The zero-order valence-electron chi connectivity index (χ0n) is 10.8. The molecule has 0 aliphatic heterocycles. The van der Waals surface area contributed by atoms with Crippen LogP contribution in [-0.4, -0.2) is 4.92 Å². The van der Waals surface area contributed by atoms with Crippen molar-refractivity contribution in [2.75, 3.05) is 5.32 Å². The van der Waals surface area contributed by atoms with Gasteiger partial charge in [0.1, 0.15) is 0 Å². The molecule has 0 amide bonds. The topological polar surface area (TPSA) is 55.2 Å². The van der Waals surface area contributed by atoms with E-state index >= 15 is 0 Å². The second-order valence-corrected chi connectivity index (χ2v) is 5.35. The number of non-ortho nitro benzene ring substituents is 1. The first-order valence-electron chi connectivity index (χ1n) is 5.94. The Morgan fingerprint density at radius 1 is 1.33 bits per heavy atom. The molecule has 0 spiro atoms. The van der Waals surface area contributed by atoms with Gasteiger partial charge in [0, 0.05) is 22.7 Å². The Morgan fingerprint density at radius 2 is 2.05 bits per heavy atom. The normalized spacial score (nSPS) is 13.0. The molecule has 0 aliphatic carbocycles. The van der Waals surface area contributed by atoms with Crippen molar-refractivity contribution in [2.45, 2.75) is 19.1 Å². The Morgan fingerprint density at radius 3 is 2.57 bits per heavy atom. The van der Waals surface area contributed by atoms with E-state index in [-0.39, 0.29) is 11.7 Å². The van der Waals surface area contributed by atoms with Crippen molar-refractivity contribution in [3.05, 3.63) is 56.3 Å². The minimum atomic E-state index is -4.66.